The molecule has 25 heavy (non-hydrogen) atoms. The molecule has 1 aromatic carbocycles. The molecule has 0 saturated carbocycles. The number of aromatic nitrogens is 2. The first kappa shape index (κ1) is 17.4. The topological polar surface area (TPSA) is 81.1 Å². The Morgan fingerprint density at radius 3 is 2.44 bits per heavy atom. The maximum absolute atomic E-state index is 12.7. The van der Waals surface area contributed by atoms with Crippen molar-refractivity contribution in [3.8, 4) is 11.3 Å². The number of anilines is 1. The Morgan fingerprint density at radius 2 is 1.80 bits per heavy atom. The van der Waals surface area contributed by atoms with E-state index in [1.54, 1.807) is 24.6 Å². The Morgan fingerprint density at radius 1 is 1.12 bits per heavy atom. The fourth-order valence-corrected chi connectivity index (χ4v) is 4.78. The fraction of sp³-hybridized carbons (Fsp3) is 0.176. The van der Waals surface area contributed by atoms with Gasteiger partial charge in [-0.05, 0) is 37.1 Å². The molecule has 0 unspecified atom stereocenters. The summed E-state index contributed by atoms with van der Waals surface area (Å²) in [5, 5.41) is 5.86. The zero-order valence-corrected chi connectivity index (χ0v) is 15.6. The average Bonchev–Trinajstić information content (AvgIpc) is 3.05. The highest BCUT2D eigenvalue weighted by atomic mass is 32.2. The Kier molecular flexibility index (Phi) is 4.49. The molecule has 0 aliphatic heterocycles. The number of sulfonamides is 1. The Bertz CT molecular complexity index is 1080. The quantitative estimate of drug-likeness (QED) is 0.760. The normalized spacial score (nSPS) is 11.5. The van der Waals surface area contributed by atoms with Gasteiger partial charge in [0.2, 0.25) is 0 Å². The summed E-state index contributed by atoms with van der Waals surface area (Å²) in [6.45, 7) is 3.72. The Hall–Kier alpha value is -2.45. The van der Waals surface area contributed by atoms with Crippen LogP contribution in [-0.4, -0.2) is 18.2 Å². The number of benzene rings is 1. The molecule has 130 valence electrons. The Balaban J connectivity index is 1.95. The summed E-state index contributed by atoms with van der Waals surface area (Å²) in [7, 11) is -2.14. The minimum atomic E-state index is -3.69. The largest absolute Gasteiger partial charge is 0.278 e. The number of nitrogens with zero attached hydrogens (tertiary/aromatic N) is 2. The number of nitrogens with one attached hydrogen (secondary N) is 1. The van der Waals surface area contributed by atoms with Crippen molar-refractivity contribution in [3.05, 3.63) is 63.3 Å². The second kappa shape index (κ2) is 6.45. The zero-order valence-electron chi connectivity index (χ0n) is 14.0. The number of thiophene rings is 1. The molecule has 3 rings (SSSR count). The summed E-state index contributed by atoms with van der Waals surface area (Å²) in [5.74, 6) is 0. The van der Waals surface area contributed by atoms with E-state index in [-0.39, 0.29) is 9.77 Å². The van der Waals surface area contributed by atoms with Crippen LogP contribution in [0.25, 0.3) is 11.3 Å². The lowest BCUT2D eigenvalue weighted by atomic mass is 10.1. The molecule has 0 fully saturated rings. The predicted molar refractivity (Wildman–Crippen MR) is 99.5 cm³/mol. The van der Waals surface area contributed by atoms with Gasteiger partial charge in [-0.3, -0.25) is 9.52 Å². The van der Waals surface area contributed by atoms with Crippen molar-refractivity contribution in [3.63, 3.8) is 0 Å². The summed E-state index contributed by atoms with van der Waals surface area (Å²) in [5.41, 5.74) is 3.30. The number of para-hydroxylation sites is 1. The monoisotopic (exact) mass is 375 g/mol. The lowest BCUT2D eigenvalue weighted by Crippen LogP contribution is -2.18. The minimum absolute atomic E-state index is 0.195. The maximum Gasteiger partial charge on any atom is 0.271 e. The smallest absolute Gasteiger partial charge is 0.271 e. The summed E-state index contributed by atoms with van der Waals surface area (Å²) in [4.78, 5) is 11.4. The molecule has 1 N–H and O–H groups in total. The summed E-state index contributed by atoms with van der Waals surface area (Å²) in [6, 6.07) is 10.2. The second-order valence-electron chi connectivity index (χ2n) is 5.71. The molecule has 6 nitrogen and oxygen atoms in total. The first-order valence-electron chi connectivity index (χ1n) is 7.50. The fourth-order valence-electron chi connectivity index (χ4n) is 2.41. The Labute approximate surface area is 149 Å². The average molecular weight is 375 g/mol. The third kappa shape index (κ3) is 3.49. The van der Waals surface area contributed by atoms with Crippen molar-refractivity contribution < 1.29 is 8.42 Å². The summed E-state index contributed by atoms with van der Waals surface area (Å²) >= 11 is 1.11. The molecule has 0 bridgehead atoms. The molecule has 0 radical (unpaired) electrons. The molecule has 0 atom stereocenters. The van der Waals surface area contributed by atoms with Gasteiger partial charge in [0.05, 0.1) is 11.4 Å². The highest BCUT2D eigenvalue weighted by Crippen LogP contribution is 2.30. The van der Waals surface area contributed by atoms with Crippen LogP contribution >= 0.6 is 11.3 Å². The van der Waals surface area contributed by atoms with E-state index in [1.807, 2.05) is 32.0 Å². The second-order valence-corrected chi connectivity index (χ2v) is 8.53. The van der Waals surface area contributed by atoms with Gasteiger partial charge in [0.1, 0.15) is 4.21 Å². The van der Waals surface area contributed by atoms with E-state index in [0.717, 1.165) is 22.5 Å². The van der Waals surface area contributed by atoms with Crippen LogP contribution in [0.5, 0.6) is 0 Å². The van der Waals surface area contributed by atoms with E-state index in [0.29, 0.717) is 16.9 Å². The van der Waals surface area contributed by atoms with Crippen molar-refractivity contribution in [1.29, 1.82) is 0 Å². The predicted octanol–water partition coefficient (Wildman–Crippen LogP) is 2.93. The first-order valence-corrected chi connectivity index (χ1v) is 9.86. The zero-order chi connectivity index (χ0) is 18.2. The van der Waals surface area contributed by atoms with Gasteiger partial charge in [0.15, 0.2) is 0 Å². The lowest BCUT2D eigenvalue weighted by molar-refractivity contribution is 0.603. The third-order valence-electron chi connectivity index (χ3n) is 3.81. The van der Waals surface area contributed by atoms with Gasteiger partial charge in [0.25, 0.3) is 15.6 Å². The highest BCUT2D eigenvalue weighted by molar-refractivity contribution is 7.94. The van der Waals surface area contributed by atoms with Crippen LogP contribution in [0, 0.1) is 13.8 Å². The SMILES string of the molecule is Cc1cccc(C)c1NS(=O)(=O)c1cc(-c2ccc(=O)n(C)n2)cs1. The standard InChI is InChI=1S/C17H17N3O3S2/c1-11-5-4-6-12(2)17(11)19-25(22,23)16-9-13(10-24-16)14-7-8-15(21)20(3)18-14/h4-10,19H,1-3H3. The highest BCUT2D eigenvalue weighted by Gasteiger charge is 2.19. The number of hydrogen-bond donors (Lipinski definition) is 1. The van der Waals surface area contributed by atoms with Crippen LogP contribution in [0.3, 0.4) is 0 Å². The molecular weight excluding hydrogens is 358 g/mol. The van der Waals surface area contributed by atoms with Crippen LogP contribution in [0.4, 0.5) is 5.69 Å². The molecule has 3 aromatic rings. The van der Waals surface area contributed by atoms with Crippen LogP contribution in [-0.2, 0) is 17.1 Å². The van der Waals surface area contributed by atoms with Gasteiger partial charge in [-0.1, -0.05) is 18.2 Å². The van der Waals surface area contributed by atoms with Crippen LogP contribution in [0.15, 0.2) is 50.8 Å². The van der Waals surface area contributed by atoms with E-state index in [1.165, 1.54) is 10.7 Å². The first-order chi connectivity index (χ1) is 11.8. The van der Waals surface area contributed by atoms with Gasteiger partial charge in [0, 0.05) is 24.1 Å². The van der Waals surface area contributed by atoms with Crippen molar-refractivity contribution in [2.45, 2.75) is 18.1 Å². The molecule has 2 heterocycles. The number of aryl methyl sites for hydroxylation is 3. The molecule has 0 aliphatic rings. The van der Waals surface area contributed by atoms with Crippen molar-refractivity contribution in [2.75, 3.05) is 4.72 Å². The van der Waals surface area contributed by atoms with E-state index in [9.17, 15) is 13.2 Å². The summed E-state index contributed by atoms with van der Waals surface area (Å²) in [6.07, 6.45) is 0. The van der Waals surface area contributed by atoms with E-state index in [2.05, 4.69) is 9.82 Å². The van der Waals surface area contributed by atoms with Gasteiger partial charge >= 0.3 is 0 Å². The van der Waals surface area contributed by atoms with Gasteiger partial charge < -0.3 is 0 Å². The molecular formula is C17H17N3O3S2. The molecule has 2 aromatic heterocycles. The third-order valence-corrected chi connectivity index (χ3v) is 6.60. The van der Waals surface area contributed by atoms with Gasteiger partial charge in [-0.15, -0.1) is 11.3 Å². The van der Waals surface area contributed by atoms with Crippen LogP contribution in [0.2, 0.25) is 0 Å². The van der Waals surface area contributed by atoms with E-state index in [4.69, 9.17) is 0 Å². The van der Waals surface area contributed by atoms with Crippen molar-refractivity contribution in [2.24, 2.45) is 7.05 Å². The molecule has 0 spiro atoms. The number of rotatable bonds is 4. The molecule has 0 amide bonds. The minimum Gasteiger partial charge on any atom is -0.278 e. The molecule has 8 heteroatoms. The number of hydrogen-bond acceptors (Lipinski definition) is 5. The van der Waals surface area contributed by atoms with Crippen LogP contribution < -0.4 is 10.3 Å². The van der Waals surface area contributed by atoms with E-state index < -0.39 is 10.0 Å². The molecule has 0 saturated heterocycles. The van der Waals surface area contributed by atoms with Gasteiger partial charge in [-0.25, -0.2) is 13.1 Å². The van der Waals surface area contributed by atoms with E-state index >= 15 is 0 Å². The maximum atomic E-state index is 12.7. The van der Waals surface area contributed by atoms with Crippen molar-refractivity contribution in [1.82, 2.24) is 9.78 Å². The van der Waals surface area contributed by atoms with Crippen molar-refractivity contribution >= 4 is 27.0 Å². The van der Waals surface area contributed by atoms with Gasteiger partial charge in [-0.2, -0.15) is 5.10 Å². The molecule has 0 aliphatic carbocycles. The summed E-state index contributed by atoms with van der Waals surface area (Å²) < 4.78 is 29.5. The lowest BCUT2D eigenvalue weighted by Gasteiger charge is -2.12. The van der Waals surface area contributed by atoms with Crippen LogP contribution in [0.1, 0.15) is 11.1 Å².